The zero-order chi connectivity index (χ0) is 12.6. The van der Waals surface area contributed by atoms with Gasteiger partial charge >= 0.3 is 0 Å². The number of rotatable bonds is 2. The fourth-order valence-corrected chi connectivity index (χ4v) is 3.42. The molecule has 2 rings (SSSR count). The van der Waals surface area contributed by atoms with E-state index in [-0.39, 0.29) is 6.04 Å². The Bertz CT molecular complexity index is 545. The minimum atomic E-state index is -0.0301. The van der Waals surface area contributed by atoms with Gasteiger partial charge in [-0.15, -0.1) is 11.3 Å². The topological polar surface area (TPSA) is 26.0 Å². The zero-order valence-electron chi connectivity index (χ0n) is 10.3. The molecule has 0 aliphatic heterocycles. The van der Waals surface area contributed by atoms with E-state index in [2.05, 4.69) is 61.0 Å². The van der Waals surface area contributed by atoms with E-state index in [0.29, 0.717) is 0 Å². The summed E-state index contributed by atoms with van der Waals surface area (Å²) >= 11 is 5.32. The predicted octanol–water partition coefficient (Wildman–Crippen LogP) is 4.48. The van der Waals surface area contributed by atoms with Crippen molar-refractivity contribution in [2.24, 2.45) is 5.73 Å². The maximum atomic E-state index is 6.39. The Morgan fingerprint density at radius 1 is 1.12 bits per heavy atom. The molecule has 0 saturated carbocycles. The third-order valence-corrected chi connectivity index (χ3v) is 4.47. The summed E-state index contributed by atoms with van der Waals surface area (Å²) in [7, 11) is 0. The average molecular weight is 310 g/mol. The smallest absolute Gasteiger partial charge is 0.0565 e. The summed E-state index contributed by atoms with van der Waals surface area (Å²) in [6.07, 6.45) is 0. The molecular formula is C14H16BrNS. The summed E-state index contributed by atoms with van der Waals surface area (Å²) in [5.74, 6) is 0. The molecule has 1 atom stereocenters. The van der Waals surface area contributed by atoms with Gasteiger partial charge in [0.05, 0.1) is 6.04 Å². The molecule has 1 nitrogen and oxygen atoms in total. The zero-order valence-corrected chi connectivity index (χ0v) is 12.7. The first-order valence-corrected chi connectivity index (χ1v) is 7.18. The lowest BCUT2D eigenvalue weighted by Gasteiger charge is -2.15. The second-order valence-corrected chi connectivity index (χ2v) is 6.72. The molecule has 0 spiro atoms. The maximum Gasteiger partial charge on any atom is 0.0565 e. The molecule has 90 valence electrons. The molecule has 1 heterocycles. The van der Waals surface area contributed by atoms with Crippen molar-refractivity contribution < 1.29 is 0 Å². The Balaban J connectivity index is 2.46. The fraction of sp³-hybridized carbons (Fsp3) is 0.286. The van der Waals surface area contributed by atoms with Crippen LogP contribution in [0.4, 0.5) is 0 Å². The molecule has 17 heavy (non-hydrogen) atoms. The molecule has 1 aromatic carbocycles. The van der Waals surface area contributed by atoms with Gasteiger partial charge in [-0.2, -0.15) is 0 Å². The number of benzene rings is 1. The van der Waals surface area contributed by atoms with Gasteiger partial charge in [0.25, 0.3) is 0 Å². The highest BCUT2D eigenvalue weighted by Crippen LogP contribution is 2.31. The van der Waals surface area contributed by atoms with Crippen LogP contribution in [0.2, 0.25) is 0 Å². The van der Waals surface area contributed by atoms with E-state index in [0.717, 1.165) is 4.47 Å². The fourth-order valence-electron chi connectivity index (χ4n) is 2.07. The van der Waals surface area contributed by atoms with Gasteiger partial charge in [-0.3, -0.25) is 0 Å². The van der Waals surface area contributed by atoms with E-state index >= 15 is 0 Å². The van der Waals surface area contributed by atoms with E-state index in [1.807, 2.05) is 11.3 Å². The van der Waals surface area contributed by atoms with Crippen LogP contribution in [0.3, 0.4) is 0 Å². The van der Waals surface area contributed by atoms with Crippen LogP contribution in [-0.4, -0.2) is 0 Å². The van der Waals surface area contributed by atoms with Crippen molar-refractivity contribution in [2.45, 2.75) is 26.8 Å². The molecule has 2 aromatic rings. The van der Waals surface area contributed by atoms with Crippen LogP contribution in [0.15, 0.2) is 28.7 Å². The predicted molar refractivity (Wildman–Crippen MR) is 78.7 cm³/mol. The number of halogens is 1. The summed E-state index contributed by atoms with van der Waals surface area (Å²) < 4.78 is 1.08. The van der Waals surface area contributed by atoms with Crippen LogP contribution in [0.25, 0.3) is 0 Å². The first-order chi connectivity index (χ1) is 7.99. The molecule has 0 aliphatic rings. The number of nitrogens with two attached hydrogens (primary N) is 1. The van der Waals surface area contributed by atoms with Crippen LogP contribution in [-0.2, 0) is 0 Å². The Morgan fingerprint density at radius 3 is 2.41 bits per heavy atom. The highest BCUT2D eigenvalue weighted by Gasteiger charge is 2.15. The Kier molecular flexibility index (Phi) is 3.71. The number of hydrogen-bond acceptors (Lipinski definition) is 2. The van der Waals surface area contributed by atoms with Crippen molar-refractivity contribution in [3.8, 4) is 0 Å². The van der Waals surface area contributed by atoms with Crippen LogP contribution in [0.1, 0.15) is 32.5 Å². The van der Waals surface area contributed by atoms with Gasteiger partial charge in [0.2, 0.25) is 0 Å². The van der Waals surface area contributed by atoms with Crippen molar-refractivity contribution in [1.29, 1.82) is 0 Å². The van der Waals surface area contributed by atoms with Gasteiger partial charge in [-0.25, -0.2) is 0 Å². The van der Waals surface area contributed by atoms with Gasteiger partial charge in [0.15, 0.2) is 0 Å². The number of thiophene rings is 1. The molecule has 0 saturated heterocycles. The lowest BCUT2D eigenvalue weighted by atomic mass is 9.96. The lowest BCUT2D eigenvalue weighted by molar-refractivity contribution is 0.858. The summed E-state index contributed by atoms with van der Waals surface area (Å²) in [4.78, 5) is 2.63. The molecule has 0 radical (unpaired) electrons. The summed E-state index contributed by atoms with van der Waals surface area (Å²) in [5.41, 5.74) is 10.1. The van der Waals surface area contributed by atoms with Crippen molar-refractivity contribution >= 4 is 27.3 Å². The minimum absolute atomic E-state index is 0.0301. The SMILES string of the molecule is Cc1cc(C(N)c2cc(Br)ccc2C)c(C)s1. The highest BCUT2D eigenvalue weighted by atomic mass is 79.9. The van der Waals surface area contributed by atoms with E-state index in [1.165, 1.54) is 26.4 Å². The monoisotopic (exact) mass is 309 g/mol. The first-order valence-electron chi connectivity index (χ1n) is 5.57. The standard InChI is InChI=1S/C14H16BrNS/c1-8-4-5-11(15)7-12(8)14(16)13-6-9(2)17-10(13)3/h4-7,14H,16H2,1-3H3. The number of hydrogen-bond donors (Lipinski definition) is 1. The van der Waals surface area contributed by atoms with Crippen LogP contribution in [0.5, 0.6) is 0 Å². The van der Waals surface area contributed by atoms with Crippen molar-refractivity contribution in [3.05, 3.63) is 55.2 Å². The van der Waals surface area contributed by atoms with Gasteiger partial charge < -0.3 is 5.73 Å². The highest BCUT2D eigenvalue weighted by molar-refractivity contribution is 9.10. The molecule has 1 aromatic heterocycles. The maximum absolute atomic E-state index is 6.39. The molecule has 0 amide bonds. The van der Waals surface area contributed by atoms with Gasteiger partial charge in [0.1, 0.15) is 0 Å². The lowest BCUT2D eigenvalue weighted by Crippen LogP contribution is -2.13. The average Bonchev–Trinajstić information content (AvgIpc) is 2.60. The summed E-state index contributed by atoms with van der Waals surface area (Å²) in [6, 6.07) is 8.44. The minimum Gasteiger partial charge on any atom is -0.320 e. The molecule has 0 bridgehead atoms. The van der Waals surface area contributed by atoms with Gasteiger partial charge in [-0.1, -0.05) is 22.0 Å². The van der Waals surface area contributed by atoms with Crippen molar-refractivity contribution in [2.75, 3.05) is 0 Å². The first kappa shape index (κ1) is 12.8. The van der Waals surface area contributed by atoms with Crippen molar-refractivity contribution in [3.63, 3.8) is 0 Å². The van der Waals surface area contributed by atoms with E-state index in [9.17, 15) is 0 Å². The second kappa shape index (κ2) is 4.92. The largest absolute Gasteiger partial charge is 0.320 e. The Labute approximate surface area is 115 Å². The summed E-state index contributed by atoms with van der Waals surface area (Å²) in [6.45, 7) is 6.37. The quantitative estimate of drug-likeness (QED) is 0.869. The van der Waals surface area contributed by atoms with E-state index < -0.39 is 0 Å². The molecule has 1 unspecified atom stereocenters. The van der Waals surface area contributed by atoms with Crippen LogP contribution < -0.4 is 5.73 Å². The molecular weight excluding hydrogens is 294 g/mol. The molecule has 0 aliphatic carbocycles. The number of aryl methyl sites for hydroxylation is 3. The normalized spacial score (nSPS) is 12.8. The molecule has 2 N–H and O–H groups in total. The summed E-state index contributed by atoms with van der Waals surface area (Å²) in [5, 5.41) is 0. The second-order valence-electron chi connectivity index (χ2n) is 4.35. The van der Waals surface area contributed by atoms with Gasteiger partial charge in [0, 0.05) is 14.2 Å². The third-order valence-electron chi connectivity index (χ3n) is 2.99. The van der Waals surface area contributed by atoms with E-state index in [1.54, 1.807) is 0 Å². The van der Waals surface area contributed by atoms with Crippen LogP contribution in [0, 0.1) is 20.8 Å². The van der Waals surface area contributed by atoms with E-state index in [4.69, 9.17) is 5.73 Å². The Hall–Kier alpha value is -0.640. The third kappa shape index (κ3) is 2.62. The van der Waals surface area contributed by atoms with Gasteiger partial charge in [-0.05, 0) is 55.7 Å². The van der Waals surface area contributed by atoms with Crippen LogP contribution >= 0.6 is 27.3 Å². The Morgan fingerprint density at radius 2 is 1.82 bits per heavy atom. The van der Waals surface area contributed by atoms with Crippen molar-refractivity contribution in [1.82, 2.24) is 0 Å². The molecule has 0 fully saturated rings. The molecule has 3 heteroatoms.